The number of para-hydroxylation sites is 1. The number of benzene rings is 2. The van der Waals surface area contributed by atoms with E-state index in [1.807, 2.05) is 25.1 Å². The minimum absolute atomic E-state index is 0.180. The highest BCUT2D eigenvalue weighted by Gasteiger charge is 2.14. The van der Waals surface area contributed by atoms with Crippen molar-refractivity contribution in [3.8, 4) is 0 Å². The van der Waals surface area contributed by atoms with Crippen molar-refractivity contribution in [2.24, 2.45) is 0 Å². The molecule has 2 N–H and O–H groups in total. The molecule has 0 atom stereocenters. The number of carbonyl (C=O) groups excluding carboxylic acids is 2. The van der Waals surface area contributed by atoms with Crippen molar-refractivity contribution < 1.29 is 9.59 Å². The van der Waals surface area contributed by atoms with Crippen LogP contribution >= 0.6 is 22.6 Å². The molecule has 0 aliphatic heterocycles. The first-order valence-electron chi connectivity index (χ1n) is 7.06. The molecule has 0 bridgehead atoms. The van der Waals surface area contributed by atoms with E-state index in [0.29, 0.717) is 23.4 Å². The van der Waals surface area contributed by atoms with Crippen LogP contribution in [0.15, 0.2) is 48.5 Å². The highest BCUT2D eigenvalue weighted by atomic mass is 127. The first kappa shape index (κ1) is 16.5. The second kappa shape index (κ2) is 7.93. The van der Waals surface area contributed by atoms with Gasteiger partial charge < -0.3 is 10.6 Å². The fourth-order valence-corrected chi connectivity index (χ4v) is 2.59. The van der Waals surface area contributed by atoms with Crippen molar-refractivity contribution in [2.75, 3.05) is 11.9 Å². The minimum Gasteiger partial charge on any atom is -0.352 e. The highest BCUT2D eigenvalue weighted by molar-refractivity contribution is 14.1. The van der Waals surface area contributed by atoms with E-state index in [-0.39, 0.29) is 11.8 Å². The van der Waals surface area contributed by atoms with Gasteiger partial charge in [0.05, 0.1) is 16.8 Å². The molecule has 0 fully saturated rings. The lowest BCUT2D eigenvalue weighted by molar-refractivity contribution is 0.0954. The van der Waals surface area contributed by atoms with Gasteiger partial charge in [0.15, 0.2) is 0 Å². The van der Waals surface area contributed by atoms with Gasteiger partial charge in [0, 0.05) is 10.1 Å². The van der Waals surface area contributed by atoms with Crippen LogP contribution in [0.4, 0.5) is 5.69 Å². The van der Waals surface area contributed by atoms with E-state index >= 15 is 0 Å². The Bertz CT molecular complexity index is 686. The van der Waals surface area contributed by atoms with Gasteiger partial charge in [0.2, 0.25) is 0 Å². The molecule has 22 heavy (non-hydrogen) atoms. The van der Waals surface area contributed by atoms with Gasteiger partial charge in [-0.2, -0.15) is 0 Å². The topological polar surface area (TPSA) is 58.2 Å². The third kappa shape index (κ3) is 4.07. The lowest BCUT2D eigenvalue weighted by Crippen LogP contribution is -2.26. The number of nitrogens with one attached hydrogen (secondary N) is 2. The maximum Gasteiger partial charge on any atom is 0.256 e. The average Bonchev–Trinajstić information content (AvgIpc) is 2.53. The van der Waals surface area contributed by atoms with Crippen LogP contribution in [0.1, 0.15) is 34.1 Å². The van der Waals surface area contributed by atoms with Crippen molar-refractivity contribution in [2.45, 2.75) is 13.3 Å². The molecule has 4 nitrogen and oxygen atoms in total. The third-order valence-electron chi connectivity index (χ3n) is 3.07. The van der Waals surface area contributed by atoms with Gasteiger partial charge in [-0.05, 0) is 53.3 Å². The molecule has 0 spiro atoms. The molecule has 2 rings (SSSR count). The smallest absolute Gasteiger partial charge is 0.256 e. The summed E-state index contributed by atoms with van der Waals surface area (Å²) in [6.07, 6.45) is 0.864. The summed E-state index contributed by atoms with van der Waals surface area (Å²) in [5, 5.41) is 5.64. The predicted octanol–water partition coefficient (Wildman–Crippen LogP) is 3.68. The zero-order chi connectivity index (χ0) is 15.9. The van der Waals surface area contributed by atoms with Crippen molar-refractivity contribution in [1.82, 2.24) is 5.32 Å². The Labute approximate surface area is 143 Å². The fourth-order valence-electron chi connectivity index (χ4n) is 1.96. The molecule has 0 aliphatic rings. The van der Waals surface area contributed by atoms with E-state index in [2.05, 4.69) is 33.2 Å². The van der Waals surface area contributed by atoms with E-state index in [4.69, 9.17) is 0 Å². The minimum atomic E-state index is -0.222. The van der Waals surface area contributed by atoms with Crippen LogP contribution in [0.25, 0.3) is 0 Å². The zero-order valence-electron chi connectivity index (χ0n) is 12.2. The van der Waals surface area contributed by atoms with Gasteiger partial charge in [-0.15, -0.1) is 0 Å². The van der Waals surface area contributed by atoms with Gasteiger partial charge in [0.1, 0.15) is 0 Å². The highest BCUT2D eigenvalue weighted by Crippen LogP contribution is 2.18. The van der Waals surface area contributed by atoms with Crippen LogP contribution < -0.4 is 10.6 Å². The predicted molar refractivity (Wildman–Crippen MR) is 96.2 cm³/mol. The number of rotatable bonds is 5. The summed E-state index contributed by atoms with van der Waals surface area (Å²) in [4.78, 5) is 24.5. The number of hydrogen-bond donors (Lipinski definition) is 2. The summed E-state index contributed by atoms with van der Waals surface area (Å²) in [6, 6.07) is 14.3. The van der Waals surface area contributed by atoms with Crippen molar-refractivity contribution in [3.63, 3.8) is 0 Å². The fraction of sp³-hybridized carbons (Fsp3) is 0.176. The van der Waals surface area contributed by atoms with Crippen LogP contribution in [0.5, 0.6) is 0 Å². The van der Waals surface area contributed by atoms with Gasteiger partial charge in [-0.3, -0.25) is 9.59 Å². The number of hydrogen-bond acceptors (Lipinski definition) is 2. The van der Waals surface area contributed by atoms with Gasteiger partial charge in [-0.25, -0.2) is 0 Å². The summed E-state index contributed by atoms with van der Waals surface area (Å²) < 4.78 is 0.866. The Morgan fingerprint density at radius 2 is 1.59 bits per heavy atom. The van der Waals surface area contributed by atoms with Crippen molar-refractivity contribution in [1.29, 1.82) is 0 Å². The lowest BCUT2D eigenvalue weighted by Gasteiger charge is -2.11. The van der Waals surface area contributed by atoms with E-state index < -0.39 is 0 Å². The van der Waals surface area contributed by atoms with Crippen LogP contribution in [0.2, 0.25) is 0 Å². The van der Waals surface area contributed by atoms with Crippen molar-refractivity contribution >= 4 is 40.1 Å². The first-order valence-corrected chi connectivity index (χ1v) is 8.14. The molecular weight excluding hydrogens is 391 g/mol. The van der Waals surface area contributed by atoms with Gasteiger partial charge in [0.25, 0.3) is 11.8 Å². The molecule has 0 heterocycles. The molecule has 114 valence electrons. The second-order valence-corrected chi connectivity index (χ2v) is 5.90. The summed E-state index contributed by atoms with van der Waals surface area (Å²) in [7, 11) is 0. The van der Waals surface area contributed by atoms with E-state index in [1.54, 1.807) is 30.3 Å². The number of amides is 2. The largest absolute Gasteiger partial charge is 0.352 e. The van der Waals surface area contributed by atoms with Crippen LogP contribution in [-0.2, 0) is 0 Å². The molecule has 2 aromatic rings. The second-order valence-electron chi connectivity index (χ2n) is 4.74. The number of carbonyl (C=O) groups is 2. The Kier molecular flexibility index (Phi) is 5.94. The maximum absolute atomic E-state index is 12.4. The number of anilines is 1. The third-order valence-corrected chi connectivity index (χ3v) is 4.01. The maximum atomic E-state index is 12.4. The normalized spacial score (nSPS) is 10.1. The molecule has 2 amide bonds. The van der Waals surface area contributed by atoms with Crippen LogP contribution in [0, 0.1) is 3.57 Å². The van der Waals surface area contributed by atoms with E-state index in [9.17, 15) is 9.59 Å². The van der Waals surface area contributed by atoms with Crippen LogP contribution in [-0.4, -0.2) is 18.4 Å². The molecule has 0 aromatic heterocycles. The van der Waals surface area contributed by atoms with Crippen molar-refractivity contribution in [3.05, 3.63) is 63.2 Å². The summed E-state index contributed by atoms with van der Waals surface area (Å²) >= 11 is 2.12. The molecule has 0 saturated heterocycles. The van der Waals surface area contributed by atoms with Gasteiger partial charge in [-0.1, -0.05) is 31.2 Å². The molecule has 5 heteroatoms. The summed E-state index contributed by atoms with van der Waals surface area (Å²) in [5.41, 5.74) is 1.57. The molecular formula is C17H17IN2O2. The molecule has 2 aromatic carbocycles. The van der Waals surface area contributed by atoms with Crippen LogP contribution in [0.3, 0.4) is 0 Å². The first-order chi connectivity index (χ1) is 10.6. The Morgan fingerprint density at radius 3 is 2.27 bits per heavy atom. The van der Waals surface area contributed by atoms with E-state index in [0.717, 1.165) is 9.99 Å². The number of halogens is 1. The molecule has 0 unspecified atom stereocenters. The molecule has 0 aliphatic carbocycles. The Hall–Kier alpha value is -1.89. The molecule has 0 radical (unpaired) electrons. The average molecular weight is 408 g/mol. The summed E-state index contributed by atoms with van der Waals surface area (Å²) in [5.74, 6) is -0.402. The molecule has 0 saturated carbocycles. The quantitative estimate of drug-likeness (QED) is 0.742. The summed E-state index contributed by atoms with van der Waals surface area (Å²) in [6.45, 7) is 2.60. The van der Waals surface area contributed by atoms with Gasteiger partial charge >= 0.3 is 0 Å². The lowest BCUT2D eigenvalue weighted by atomic mass is 10.1. The zero-order valence-corrected chi connectivity index (χ0v) is 14.4. The Balaban J connectivity index is 2.21. The monoisotopic (exact) mass is 408 g/mol. The SMILES string of the molecule is CCCNC(=O)c1ccccc1NC(=O)c1ccccc1I. The van der Waals surface area contributed by atoms with E-state index in [1.165, 1.54) is 0 Å². The standard InChI is InChI=1S/C17H17IN2O2/c1-2-11-19-16(21)13-8-4-6-10-15(13)20-17(22)12-7-3-5-9-14(12)18/h3-10H,2,11H2,1H3,(H,19,21)(H,20,22). The Morgan fingerprint density at radius 1 is 0.955 bits per heavy atom.